The zero-order valence-electron chi connectivity index (χ0n) is 9.45. The molecule has 1 heterocycles. The minimum absolute atomic E-state index is 0.206. The lowest BCUT2D eigenvalue weighted by atomic mass is 10.2. The molecule has 0 spiro atoms. The highest BCUT2D eigenvalue weighted by Crippen LogP contribution is 2.28. The molecule has 0 radical (unpaired) electrons. The molecule has 1 aromatic heterocycles. The second-order valence-electron chi connectivity index (χ2n) is 3.82. The average molecular weight is 352 g/mol. The van der Waals surface area contributed by atoms with Crippen molar-refractivity contribution in [2.75, 3.05) is 18.1 Å². The lowest BCUT2D eigenvalue weighted by molar-refractivity contribution is 0.288. The predicted molar refractivity (Wildman–Crippen MR) is 73.8 cm³/mol. The second kappa shape index (κ2) is 6.57. The summed E-state index contributed by atoms with van der Waals surface area (Å²) >= 11 is 6.90. The van der Waals surface area contributed by atoms with Crippen molar-refractivity contribution >= 4 is 37.7 Å². The minimum Gasteiger partial charge on any atom is -0.396 e. The molecule has 0 aliphatic heterocycles. The van der Waals surface area contributed by atoms with Crippen molar-refractivity contribution in [1.29, 1.82) is 0 Å². The van der Waals surface area contributed by atoms with Crippen LogP contribution in [0.25, 0.3) is 0 Å². The number of aromatic nitrogens is 1. The summed E-state index contributed by atoms with van der Waals surface area (Å²) in [6, 6.07) is 2.34. The molecule has 5 heteroatoms. The first-order valence-electron chi connectivity index (χ1n) is 5.24. The molecule has 0 bridgehead atoms. The van der Waals surface area contributed by atoms with Gasteiger partial charge in [0.25, 0.3) is 0 Å². The smallest absolute Gasteiger partial charge is 0.143 e. The first kappa shape index (κ1) is 13.9. The third-order valence-corrected chi connectivity index (χ3v) is 3.26. The van der Waals surface area contributed by atoms with Gasteiger partial charge in [0, 0.05) is 29.9 Å². The van der Waals surface area contributed by atoms with E-state index in [1.165, 1.54) is 0 Å². The largest absolute Gasteiger partial charge is 0.396 e. The number of hydrogen-bond donors (Lipinski definition) is 1. The monoisotopic (exact) mass is 350 g/mol. The Bertz CT molecular complexity index is 345. The minimum atomic E-state index is 0.206. The van der Waals surface area contributed by atoms with Gasteiger partial charge in [-0.1, -0.05) is 0 Å². The van der Waals surface area contributed by atoms with Crippen LogP contribution in [0.5, 0.6) is 0 Å². The Morgan fingerprint density at radius 1 is 1.44 bits per heavy atom. The van der Waals surface area contributed by atoms with E-state index >= 15 is 0 Å². The van der Waals surface area contributed by atoms with Crippen LogP contribution in [-0.4, -0.2) is 29.3 Å². The zero-order valence-corrected chi connectivity index (χ0v) is 12.6. The standard InChI is InChI=1S/C11H16Br2N2O/c1-8(2)15(4-3-5-16)11-10(13)6-9(12)7-14-11/h6-8,16H,3-5H2,1-2H3. The summed E-state index contributed by atoms with van der Waals surface area (Å²) in [5, 5.41) is 8.89. The van der Waals surface area contributed by atoms with Crippen molar-refractivity contribution in [3.05, 3.63) is 21.2 Å². The summed E-state index contributed by atoms with van der Waals surface area (Å²) < 4.78 is 1.92. The highest BCUT2D eigenvalue weighted by atomic mass is 79.9. The van der Waals surface area contributed by atoms with Crippen LogP contribution >= 0.6 is 31.9 Å². The third kappa shape index (κ3) is 3.71. The van der Waals surface area contributed by atoms with Gasteiger partial charge >= 0.3 is 0 Å². The van der Waals surface area contributed by atoms with E-state index in [9.17, 15) is 0 Å². The van der Waals surface area contributed by atoms with Gasteiger partial charge in [0.1, 0.15) is 5.82 Å². The maximum atomic E-state index is 8.89. The molecule has 0 fully saturated rings. The van der Waals surface area contributed by atoms with Crippen molar-refractivity contribution < 1.29 is 5.11 Å². The van der Waals surface area contributed by atoms with Crippen molar-refractivity contribution in [2.24, 2.45) is 0 Å². The van der Waals surface area contributed by atoms with Crippen molar-refractivity contribution in [2.45, 2.75) is 26.3 Å². The third-order valence-electron chi connectivity index (χ3n) is 2.24. The Morgan fingerprint density at radius 2 is 2.12 bits per heavy atom. The summed E-state index contributed by atoms with van der Waals surface area (Å²) in [7, 11) is 0. The number of aliphatic hydroxyl groups excluding tert-OH is 1. The van der Waals surface area contributed by atoms with Gasteiger partial charge < -0.3 is 10.0 Å². The van der Waals surface area contributed by atoms with Gasteiger partial charge in [-0.05, 0) is 58.2 Å². The topological polar surface area (TPSA) is 36.4 Å². The fourth-order valence-electron chi connectivity index (χ4n) is 1.47. The van der Waals surface area contributed by atoms with Gasteiger partial charge in [-0.25, -0.2) is 4.98 Å². The molecule has 0 amide bonds. The van der Waals surface area contributed by atoms with Crippen LogP contribution in [0, 0.1) is 0 Å². The molecule has 3 nitrogen and oxygen atoms in total. The summed E-state index contributed by atoms with van der Waals surface area (Å²) in [6.07, 6.45) is 2.54. The average Bonchev–Trinajstić information content (AvgIpc) is 2.20. The molecule has 0 unspecified atom stereocenters. The number of nitrogens with zero attached hydrogens (tertiary/aromatic N) is 2. The van der Waals surface area contributed by atoms with Gasteiger partial charge in [-0.15, -0.1) is 0 Å². The fourth-order valence-corrected chi connectivity index (χ4v) is 2.68. The normalized spacial score (nSPS) is 10.9. The van der Waals surface area contributed by atoms with E-state index in [1.807, 2.05) is 6.07 Å². The molecule has 0 aliphatic rings. The number of anilines is 1. The fraction of sp³-hybridized carbons (Fsp3) is 0.545. The Labute approximate surface area is 113 Å². The van der Waals surface area contributed by atoms with Gasteiger partial charge in [-0.3, -0.25) is 0 Å². The van der Waals surface area contributed by atoms with E-state index in [0.717, 1.165) is 27.7 Å². The SMILES string of the molecule is CC(C)N(CCCO)c1ncc(Br)cc1Br. The molecule has 0 atom stereocenters. The highest BCUT2D eigenvalue weighted by Gasteiger charge is 2.14. The second-order valence-corrected chi connectivity index (χ2v) is 5.59. The van der Waals surface area contributed by atoms with E-state index in [4.69, 9.17) is 5.11 Å². The van der Waals surface area contributed by atoms with Crippen LogP contribution in [0.15, 0.2) is 21.2 Å². The summed E-state index contributed by atoms with van der Waals surface area (Å²) in [4.78, 5) is 6.58. The van der Waals surface area contributed by atoms with Crippen LogP contribution in [0.3, 0.4) is 0 Å². The Hall–Kier alpha value is -0.130. The molecule has 1 N–H and O–H groups in total. The first-order chi connectivity index (χ1) is 7.56. The summed E-state index contributed by atoms with van der Waals surface area (Å²) in [5.74, 6) is 0.923. The Morgan fingerprint density at radius 3 is 2.62 bits per heavy atom. The molecule has 1 rings (SSSR count). The van der Waals surface area contributed by atoms with Crippen LogP contribution in [0.4, 0.5) is 5.82 Å². The molecule has 0 saturated heterocycles. The molecule has 90 valence electrons. The Kier molecular flexibility index (Phi) is 5.72. The van der Waals surface area contributed by atoms with Gasteiger partial charge in [0.05, 0.1) is 4.47 Å². The maximum absolute atomic E-state index is 8.89. The lowest BCUT2D eigenvalue weighted by Gasteiger charge is -2.28. The van der Waals surface area contributed by atoms with E-state index < -0.39 is 0 Å². The molecular weight excluding hydrogens is 336 g/mol. The Balaban J connectivity index is 2.92. The van der Waals surface area contributed by atoms with Gasteiger partial charge in [0.2, 0.25) is 0 Å². The van der Waals surface area contributed by atoms with Crippen molar-refractivity contribution in [1.82, 2.24) is 4.98 Å². The molecule has 0 aromatic carbocycles. The lowest BCUT2D eigenvalue weighted by Crippen LogP contribution is -2.33. The van der Waals surface area contributed by atoms with Crippen molar-refractivity contribution in [3.63, 3.8) is 0 Å². The van der Waals surface area contributed by atoms with Crippen LogP contribution in [0.2, 0.25) is 0 Å². The van der Waals surface area contributed by atoms with E-state index in [-0.39, 0.29) is 6.61 Å². The first-order valence-corrected chi connectivity index (χ1v) is 6.83. The van der Waals surface area contributed by atoms with E-state index in [1.54, 1.807) is 6.20 Å². The number of hydrogen-bond acceptors (Lipinski definition) is 3. The molecule has 16 heavy (non-hydrogen) atoms. The zero-order chi connectivity index (χ0) is 12.1. The number of rotatable bonds is 5. The van der Waals surface area contributed by atoms with E-state index in [0.29, 0.717) is 6.04 Å². The summed E-state index contributed by atoms with van der Waals surface area (Å²) in [6.45, 7) is 5.25. The van der Waals surface area contributed by atoms with Crippen LogP contribution in [-0.2, 0) is 0 Å². The van der Waals surface area contributed by atoms with Crippen LogP contribution in [0.1, 0.15) is 20.3 Å². The van der Waals surface area contributed by atoms with Crippen LogP contribution < -0.4 is 4.90 Å². The predicted octanol–water partition coefficient (Wildman–Crippen LogP) is 3.20. The summed E-state index contributed by atoms with van der Waals surface area (Å²) in [5.41, 5.74) is 0. The van der Waals surface area contributed by atoms with Gasteiger partial charge in [-0.2, -0.15) is 0 Å². The highest BCUT2D eigenvalue weighted by molar-refractivity contribution is 9.11. The van der Waals surface area contributed by atoms with E-state index in [2.05, 4.69) is 55.6 Å². The molecule has 1 aromatic rings. The van der Waals surface area contributed by atoms with Gasteiger partial charge in [0.15, 0.2) is 0 Å². The number of halogens is 2. The number of aliphatic hydroxyl groups is 1. The number of pyridine rings is 1. The van der Waals surface area contributed by atoms with Crippen molar-refractivity contribution in [3.8, 4) is 0 Å². The maximum Gasteiger partial charge on any atom is 0.143 e. The molecule has 0 saturated carbocycles. The molecule has 0 aliphatic carbocycles. The quantitative estimate of drug-likeness (QED) is 0.884. The molecular formula is C11H16Br2N2O.